The van der Waals surface area contributed by atoms with Crippen LogP contribution in [-0.2, 0) is 12.6 Å². The molecule has 0 aliphatic heterocycles. The van der Waals surface area contributed by atoms with E-state index in [0.29, 0.717) is 17.8 Å². The highest BCUT2D eigenvalue weighted by molar-refractivity contribution is 7.13. The molecule has 0 aliphatic rings. The zero-order valence-electron chi connectivity index (χ0n) is 11.5. The van der Waals surface area contributed by atoms with Crippen LogP contribution in [0.5, 0.6) is 0 Å². The molecule has 2 rings (SSSR count). The lowest BCUT2D eigenvalue weighted by atomic mass is 10.1. The molecule has 0 saturated carbocycles. The fourth-order valence-corrected chi connectivity index (χ4v) is 2.63. The quantitative estimate of drug-likeness (QED) is 0.870. The molecule has 8 heteroatoms. The topological polar surface area (TPSA) is 42.0 Å². The van der Waals surface area contributed by atoms with Gasteiger partial charge in [0.2, 0.25) is 0 Å². The summed E-state index contributed by atoms with van der Waals surface area (Å²) in [6.45, 7) is 1.60. The minimum absolute atomic E-state index is 0.0496. The van der Waals surface area contributed by atoms with Gasteiger partial charge < -0.3 is 5.32 Å². The highest BCUT2D eigenvalue weighted by atomic mass is 32.1. The Morgan fingerprint density at radius 3 is 2.45 bits per heavy atom. The van der Waals surface area contributed by atoms with Crippen molar-refractivity contribution in [2.75, 3.05) is 6.54 Å². The normalized spacial score (nSPS) is 11.5. The summed E-state index contributed by atoms with van der Waals surface area (Å²) >= 11 is 0.325. The van der Waals surface area contributed by atoms with Gasteiger partial charge in [0.05, 0.1) is 5.69 Å². The molecule has 2 aromatic rings. The van der Waals surface area contributed by atoms with Crippen LogP contribution in [0.2, 0.25) is 0 Å². The first-order chi connectivity index (χ1) is 10.3. The zero-order valence-corrected chi connectivity index (χ0v) is 12.3. The second kappa shape index (κ2) is 6.43. The van der Waals surface area contributed by atoms with E-state index in [1.165, 1.54) is 19.1 Å². The molecule has 0 radical (unpaired) electrons. The summed E-state index contributed by atoms with van der Waals surface area (Å²) in [5.74, 6) is -0.944. The van der Waals surface area contributed by atoms with Gasteiger partial charge in [0.15, 0.2) is 5.01 Å². The lowest BCUT2D eigenvalue weighted by molar-refractivity contribution is -0.137. The number of carbonyl (C=O) groups is 1. The van der Waals surface area contributed by atoms with E-state index in [9.17, 15) is 22.4 Å². The van der Waals surface area contributed by atoms with Gasteiger partial charge in [-0.1, -0.05) is 12.1 Å². The molecule has 0 unspecified atom stereocenters. The number of alkyl halides is 3. The van der Waals surface area contributed by atoms with Crippen LogP contribution in [0.4, 0.5) is 17.6 Å². The van der Waals surface area contributed by atoms with Crippen molar-refractivity contribution in [3.63, 3.8) is 0 Å². The lowest BCUT2D eigenvalue weighted by Crippen LogP contribution is -2.25. The van der Waals surface area contributed by atoms with Crippen LogP contribution in [0.1, 0.15) is 25.9 Å². The first-order valence-corrected chi connectivity index (χ1v) is 7.16. The molecule has 118 valence electrons. The maximum Gasteiger partial charge on any atom is 0.443 e. The average Bonchev–Trinajstić information content (AvgIpc) is 2.83. The monoisotopic (exact) mass is 332 g/mol. The van der Waals surface area contributed by atoms with Crippen molar-refractivity contribution in [2.45, 2.75) is 19.5 Å². The second-order valence-electron chi connectivity index (χ2n) is 4.56. The van der Waals surface area contributed by atoms with E-state index < -0.39 is 17.1 Å². The van der Waals surface area contributed by atoms with Crippen LogP contribution in [0.15, 0.2) is 24.3 Å². The van der Waals surface area contributed by atoms with Crippen LogP contribution in [-0.4, -0.2) is 17.4 Å². The van der Waals surface area contributed by atoms with E-state index in [1.807, 2.05) is 0 Å². The molecule has 1 aromatic heterocycles. The summed E-state index contributed by atoms with van der Waals surface area (Å²) in [4.78, 5) is 15.2. The first kappa shape index (κ1) is 16.4. The summed E-state index contributed by atoms with van der Waals surface area (Å²) in [5.41, 5.74) is 0.871. The predicted octanol–water partition coefficient (Wildman–Crippen LogP) is 3.58. The van der Waals surface area contributed by atoms with Crippen LogP contribution < -0.4 is 5.32 Å². The number of benzene rings is 1. The third kappa shape index (κ3) is 4.03. The number of amides is 1. The fraction of sp³-hybridized carbons (Fsp3) is 0.286. The lowest BCUT2D eigenvalue weighted by Gasteiger charge is -2.04. The summed E-state index contributed by atoms with van der Waals surface area (Å²) in [5, 5.41) is 1.50. The molecular weight excluding hydrogens is 320 g/mol. The Kier molecular flexibility index (Phi) is 4.80. The summed E-state index contributed by atoms with van der Waals surface area (Å²) in [6.07, 6.45) is -4.10. The van der Waals surface area contributed by atoms with Gasteiger partial charge in [-0.05, 0) is 31.0 Å². The summed E-state index contributed by atoms with van der Waals surface area (Å²) in [6, 6.07) is 5.78. The molecule has 0 aliphatic carbocycles. The van der Waals surface area contributed by atoms with Gasteiger partial charge in [-0.3, -0.25) is 4.79 Å². The predicted molar refractivity (Wildman–Crippen MR) is 74.3 cm³/mol. The molecule has 1 N–H and O–H groups in total. The highest BCUT2D eigenvalue weighted by Gasteiger charge is 2.36. The number of halogens is 4. The Bertz CT molecular complexity index is 664. The highest BCUT2D eigenvalue weighted by Crippen LogP contribution is 2.33. The summed E-state index contributed by atoms with van der Waals surface area (Å²) < 4.78 is 50.3. The van der Waals surface area contributed by atoms with Crippen molar-refractivity contribution in [1.29, 1.82) is 0 Å². The van der Waals surface area contributed by atoms with Gasteiger partial charge in [-0.25, -0.2) is 9.37 Å². The number of nitrogens with one attached hydrogen (secondary N) is 1. The third-order valence-corrected chi connectivity index (χ3v) is 4.06. The minimum Gasteiger partial charge on any atom is -0.351 e. The Morgan fingerprint density at radius 2 is 1.91 bits per heavy atom. The SMILES string of the molecule is Cc1nc(C(F)(F)F)sc1C(=O)NCCc1ccc(F)cc1. The summed E-state index contributed by atoms with van der Waals surface area (Å²) in [7, 11) is 0. The molecule has 22 heavy (non-hydrogen) atoms. The van der Waals surface area contributed by atoms with Gasteiger partial charge in [0.1, 0.15) is 10.7 Å². The molecule has 0 bridgehead atoms. The number of hydrogen-bond donors (Lipinski definition) is 1. The number of hydrogen-bond acceptors (Lipinski definition) is 3. The van der Waals surface area contributed by atoms with Crippen LogP contribution in [0.3, 0.4) is 0 Å². The van der Waals surface area contributed by atoms with Gasteiger partial charge in [0.25, 0.3) is 5.91 Å². The van der Waals surface area contributed by atoms with Crippen LogP contribution in [0.25, 0.3) is 0 Å². The van der Waals surface area contributed by atoms with Gasteiger partial charge in [0, 0.05) is 6.54 Å². The number of aryl methyl sites for hydroxylation is 1. The minimum atomic E-state index is -4.55. The first-order valence-electron chi connectivity index (χ1n) is 6.34. The molecular formula is C14H12F4N2OS. The van der Waals surface area contributed by atoms with E-state index in [-0.39, 0.29) is 22.9 Å². The maximum atomic E-state index is 12.7. The van der Waals surface area contributed by atoms with Gasteiger partial charge in [-0.15, -0.1) is 11.3 Å². The maximum absolute atomic E-state index is 12.7. The van der Waals surface area contributed by atoms with E-state index >= 15 is 0 Å². The van der Waals surface area contributed by atoms with Crippen LogP contribution in [0, 0.1) is 12.7 Å². The fourth-order valence-electron chi connectivity index (χ4n) is 1.78. The largest absolute Gasteiger partial charge is 0.443 e. The van der Waals surface area contributed by atoms with Gasteiger partial charge >= 0.3 is 6.18 Å². The molecule has 1 amide bonds. The molecule has 0 atom stereocenters. The van der Waals surface area contributed by atoms with Crippen molar-refractivity contribution < 1.29 is 22.4 Å². The molecule has 0 spiro atoms. The number of aromatic nitrogens is 1. The molecule has 3 nitrogen and oxygen atoms in total. The molecule has 0 fully saturated rings. The van der Waals surface area contributed by atoms with Crippen molar-refractivity contribution in [2.24, 2.45) is 0 Å². The Balaban J connectivity index is 1.95. The number of thiazole rings is 1. The number of nitrogens with zero attached hydrogens (tertiary/aromatic N) is 1. The van der Waals surface area contributed by atoms with E-state index in [2.05, 4.69) is 10.3 Å². The van der Waals surface area contributed by atoms with Crippen LogP contribution >= 0.6 is 11.3 Å². The number of rotatable bonds is 4. The van der Waals surface area contributed by atoms with Crippen molar-refractivity contribution in [3.05, 3.63) is 51.2 Å². The van der Waals surface area contributed by atoms with E-state index in [0.717, 1.165) is 5.56 Å². The van der Waals surface area contributed by atoms with Gasteiger partial charge in [-0.2, -0.15) is 13.2 Å². The van der Waals surface area contributed by atoms with Crippen molar-refractivity contribution >= 4 is 17.2 Å². The second-order valence-corrected chi connectivity index (χ2v) is 5.56. The zero-order chi connectivity index (χ0) is 16.3. The smallest absolute Gasteiger partial charge is 0.351 e. The number of carbonyl (C=O) groups excluding carboxylic acids is 1. The standard InChI is InChI=1S/C14H12F4N2OS/c1-8-11(22-13(20-8)14(16,17)18)12(21)19-7-6-9-2-4-10(15)5-3-9/h2-5H,6-7H2,1H3,(H,19,21). The van der Waals surface area contributed by atoms with Crippen molar-refractivity contribution in [1.82, 2.24) is 10.3 Å². The third-order valence-electron chi connectivity index (χ3n) is 2.86. The van der Waals surface area contributed by atoms with E-state index in [4.69, 9.17) is 0 Å². The Labute approximate surface area is 128 Å². The molecule has 1 heterocycles. The Morgan fingerprint density at radius 1 is 1.27 bits per heavy atom. The molecule has 0 saturated heterocycles. The Hall–Kier alpha value is -1.96. The molecule has 1 aromatic carbocycles. The average molecular weight is 332 g/mol. The van der Waals surface area contributed by atoms with E-state index in [1.54, 1.807) is 12.1 Å². The van der Waals surface area contributed by atoms with Crippen molar-refractivity contribution in [3.8, 4) is 0 Å².